The summed E-state index contributed by atoms with van der Waals surface area (Å²) in [7, 11) is 0. The number of aromatic nitrogens is 1. The summed E-state index contributed by atoms with van der Waals surface area (Å²) >= 11 is 0. The molecule has 1 unspecified atom stereocenters. The molecular weight excluding hydrogens is 372 g/mol. The predicted molar refractivity (Wildman–Crippen MR) is 121 cm³/mol. The van der Waals surface area contributed by atoms with Gasteiger partial charge in [0.1, 0.15) is 5.75 Å². The van der Waals surface area contributed by atoms with Gasteiger partial charge in [-0.15, -0.1) is 0 Å². The van der Waals surface area contributed by atoms with E-state index in [-0.39, 0.29) is 5.41 Å². The van der Waals surface area contributed by atoms with Crippen LogP contribution in [-0.4, -0.2) is 47.7 Å². The summed E-state index contributed by atoms with van der Waals surface area (Å²) in [4.78, 5) is 9.22. The number of pyridine rings is 1. The molecule has 1 atom stereocenters. The molecule has 0 saturated carbocycles. The topological polar surface area (TPSA) is 51.6 Å². The van der Waals surface area contributed by atoms with Gasteiger partial charge >= 0.3 is 0 Å². The SMILES string of the molecule is Oc1ccccc1CN1CC(CNc2cccnc2)C2(C1)CN(c1ccccc1)C2. The molecule has 30 heavy (non-hydrogen) atoms. The number of rotatable bonds is 6. The number of para-hydroxylation sites is 2. The van der Waals surface area contributed by atoms with Crippen molar-refractivity contribution in [2.75, 3.05) is 42.9 Å². The van der Waals surface area contributed by atoms with Crippen molar-refractivity contribution in [3.05, 3.63) is 84.7 Å². The molecule has 2 N–H and O–H groups in total. The van der Waals surface area contributed by atoms with E-state index >= 15 is 0 Å². The smallest absolute Gasteiger partial charge is 0.120 e. The molecule has 3 aromatic rings. The first-order chi connectivity index (χ1) is 14.7. The summed E-state index contributed by atoms with van der Waals surface area (Å²) in [6.07, 6.45) is 3.69. The Morgan fingerprint density at radius 2 is 1.77 bits per heavy atom. The number of hydrogen-bond donors (Lipinski definition) is 2. The number of benzene rings is 2. The highest BCUT2D eigenvalue weighted by Crippen LogP contribution is 2.46. The summed E-state index contributed by atoms with van der Waals surface area (Å²) < 4.78 is 0. The highest BCUT2D eigenvalue weighted by Gasteiger charge is 2.53. The van der Waals surface area contributed by atoms with Crippen molar-refractivity contribution in [2.45, 2.75) is 6.54 Å². The van der Waals surface area contributed by atoms with E-state index in [0.29, 0.717) is 11.7 Å². The van der Waals surface area contributed by atoms with Crippen LogP contribution in [0, 0.1) is 11.3 Å². The first-order valence-electron chi connectivity index (χ1n) is 10.6. The molecule has 154 valence electrons. The molecule has 2 aliphatic rings. The first-order valence-corrected chi connectivity index (χ1v) is 10.6. The molecule has 3 heterocycles. The van der Waals surface area contributed by atoms with Gasteiger partial charge in [0.05, 0.1) is 5.69 Å². The van der Waals surface area contributed by atoms with Crippen LogP contribution in [0.1, 0.15) is 5.56 Å². The number of nitrogens with one attached hydrogen (secondary N) is 1. The molecule has 5 rings (SSSR count). The first kappa shape index (κ1) is 18.9. The minimum atomic E-state index is 0.273. The molecule has 0 amide bonds. The second kappa shape index (κ2) is 8.00. The maximum Gasteiger partial charge on any atom is 0.120 e. The number of hydrogen-bond acceptors (Lipinski definition) is 5. The van der Waals surface area contributed by atoms with Crippen LogP contribution in [0.15, 0.2) is 79.1 Å². The molecule has 5 nitrogen and oxygen atoms in total. The van der Waals surface area contributed by atoms with Gasteiger partial charge in [0, 0.05) is 68.3 Å². The van der Waals surface area contributed by atoms with Crippen molar-refractivity contribution in [1.82, 2.24) is 9.88 Å². The van der Waals surface area contributed by atoms with Crippen LogP contribution >= 0.6 is 0 Å². The number of likely N-dealkylation sites (tertiary alicyclic amines) is 1. The average Bonchev–Trinajstić information content (AvgIpc) is 3.13. The standard InChI is InChI=1S/C25H28N4O/c30-24-11-5-4-7-20(24)15-28-16-21(13-27-22-8-6-12-26-14-22)25(17-28)18-29(19-25)23-9-2-1-3-10-23/h1-12,14,21,27,30H,13,15-19H2. The third-order valence-corrected chi connectivity index (χ3v) is 6.62. The Balaban J connectivity index is 1.31. The molecule has 2 aliphatic heterocycles. The summed E-state index contributed by atoms with van der Waals surface area (Å²) in [6, 6.07) is 22.4. The van der Waals surface area contributed by atoms with Crippen molar-refractivity contribution in [3.8, 4) is 5.75 Å². The minimum absolute atomic E-state index is 0.273. The van der Waals surface area contributed by atoms with Crippen molar-refractivity contribution >= 4 is 11.4 Å². The number of phenols is 1. The van der Waals surface area contributed by atoms with Crippen molar-refractivity contribution < 1.29 is 5.11 Å². The van der Waals surface area contributed by atoms with Gasteiger partial charge in [0.2, 0.25) is 0 Å². The van der Waals surface area contributed by atoms with Crippen molar-refractivity contribution in [1.29, 1.82) is 0 Å². The Morgan fingerprint density at radius 1 is 0.967 bits per heavy atom. The van der Waals surface area contributed by atoms with E-state index in [4.69, 9.17) is 0 Å². The Hall–Kier alpha value is -3.05. The van der Waals surface area contributed by atoms with E-state index in [1.54, 1.807) is 12.3 Å². The molecule has 2 aromatic carbocycles. The van der Waals surface area contributed by atoms with Gasteiger partial charge in [-0.3, -0.25) is 9.88 Å². The van der Waals surface area contributed by atoms with E-state index in [1.165, 1.54) is 5.69 Å². The number of phenolic OH excluding ortho intramolecular Hbond substituents is 1. The van der Waals surface area contributed by atoms with Gasteiger partial charge in [-0.05, 0) is 36.2 Å². The molecular formula is C25H28N4O. The van der Waals surface area contributed by atoms with E-state index in [1.807, 2.05) is 30.5 Å². The quantitative estimate of drug-likeness (QED) is 0.659. The number of anilines is 2. The second-order valence-corrected chi connectivity index (χ2v) is 8.67. The molecule has 0 radical (unpaired) electrons. The predicted octanol–water partition coefficient (Wildman–Crippen LogP) is 3.84. The van der Waals surface area contributed by atoms with Gasteiger partial charge in [0.15, 0.2) is 0 Å². The van der Waals surface area contributed by atoms with E-state index in [0.717, 1.165) is 50.5 Å². The van der Waals surface area contributed by atoms with Crippen molar-refractivity contribution in [3.63, 3.8) is 0 Å². The fraction of sp³-hybridized carbons (Fsp3) is 0.320. The van der Waals surface area contributed by atoms with Crippen LogP contribution in [0.2, 0.25) is 0 Å². The fourth-order valence-electron chi connectivity index (χ4n) is 5.03. The maximum absolute atomic E-state index is 10.2. The van der Waals surface area contributed by atoms with Crippen LogP contribution in [-0.2, 0) is 6.54 Å². The van der Waals surface area contributed by atoms with E-state index in [2.05, 4.69) is 56.5 Å². The van der Waals surface area contributed by atoms with Crippen LogP contribution in [0.5, 0.6) is 5.75 Å². The lowest BCUT2D eigenvalue weighted by atomic mass is 9.71. The van der Waals surface area contributed by atoms with Crippen LogP contribution in [0.25, 0.3) is 0 Å². The lowest BCUT2D eigenvalue weighted by Gasteiger charge is -2.52. The highest BCUT2D eigenvalue weighted by molar-refractivity contribution is 5.50. The Bertz CT molecular complexity index is 973. The molecule has 2 fully saturated rings. The third-order valence-electron chi connectivity index (χ3n) is 6.62. The summed E-state index contributed by atoms with van der Waals surface area (Å²) in [6.45, 7) is 5.98. The summed E-state index contributed by atoms with van der Waals surface area (Å²) in [5, 5.41) is 13.8. The largest absolute Gasteiger partial charge is 0.508 e. The highest BCUT2D eigenvalue weighted by atomic mass is 16.3. The molecule has 0 aliphatic carbocycles. The summed E-state index contributed by atoms with van der Waals surface area (Å²) in [5.74, 6) is 0.937. The number of nitrogens with zero attached hydrogens (tertiary/aromatic N) is 3. The lowest BCUT2D eigenvalue weighted by molar-refractivity contribution is 0.161. The van der Waals surface area contributed by atoms with Crippen LogP contribution in [0.3, 0.4) is 0 Å². The summed E-state index contributed by atoms with van der Waals surface area (Å²) in [5.41, 5.74) is 3.66. The molecule has 1 spiro atoms. The van der Waals surface area contributed by atoms with Crippen LogP contribution in [0.4, 0.5) is 11.4 Å². The maximum atomic E-state index is 10.2. The lowest BCUT2D eigenvalue weighted by Crippen LogP contribution is -2.61. The minimum Gasteiger partial charge on any atom is -0.508 e. The second-order valence-electron chi connectivity index (χ2n) is 8.67. The zero-order chi connectivity index (χ0) is 20.4. The Labute approximate surface area is 178 Å². The zero-order valence-corrected chi connectivity index (χ0v) is 17.1. The number of aromatic hydroxyl groups is 1. The molecule has 0 bridgehead atoms. The fourth-order valence-corrected chi connectivity index (χ4v) is 5.03. The monoisotopic (exact) mass is 400 g/mol. The molecule has 1 aromatic heterocycles. The Kier molecular flexibility index (Phi) is 5.05. The van der Waals surface area contributed by atoms with E-state index in [9.17, 15) is 5.11 Å². The van der Waals surface area contributed by atoms with Gasteiger partial charge in [-0.2, -0.15) is 0 Å². The Morgan fingerprint density at radius 3 is 2.53 bits per heavy atom. The van der Waals surface area contributed by atoms with Gasteiger partial charge in [-0.25, -0.2) is 0 Å². The van der Waals surface area contributed by atoms with Crippen LogP contribution < -0.4 is 10.2 Å². The third kappa shape index (κ3) is 3.73. The zero-order valence-electron chi connectivity index (χ0n) is 17.1. The van der Waals surface area contributed by atoms with Gasteiger partial charge in [-0.1, -0.05) is 36.4 Å². The van der Waals surface area contributed by atoms with Gasteiger partial charge in [0.25, 0.3) is 0 Å². The van der Waals surface area contributed by atoms with Gasteiger partial charge < -0.3 is 15.3 Å². The average molecular weight is 401 g/mol. The van der Waals surface area contributed by atoms with E-state index < -0.39 is 0 Å². The molecule has 5 heteroatoms. The normalized spacial score (nSPS) is 20.3. The van der Waals surface area contributed by atoms with Crippen molar-refractivity contribution in [2.24, 2.45) is 11.3 Å². The molecule has 2 saturated heterocycles.